The molecule has 2 atom stereocenters. The van der Waals surface area contributed by atoms with Gasteiger partial charge in [-0.2, -0.15) is 0 Å². The summed E-state index contributed by atoms with van der Waals surface area (Å²) in [5.41, 5.74) is 2.13. The normalized spacial score (nSPS) is 20.9. The number of carbonyl (C=O) groups is 1. The summed E-state index contributed by atoms with van der Waals surface area (Å²) >= 11 is 11.0. The number of thiazole rings is 1. The van der Waals surface area contributed by atoms with Crippen molar-refractivity contribution in [2.24, 2.45) is 4.99 Å². The van der Waals surface area contributed by atoms with E-state index in [1.54, 1.807) is 28.7 Å². The fraction of sp³-hybridized carbons (Fsp3) is 0.250. The molecule has 0 aliphatic carbocycles. The summed E-state index contributed by atoms with van der Waals surface area (Å²) in [5, 5.41) is 11.5. The van der Waals surface area contributed by atoms with Crippen LogP contribution in [0.3, 0.4) is 0 Å². The Labute approximate surface area is 206 Å². The maximum Gasteiger partial charge on any atom is 0.320 e. The van der Waals surface area contributed by atoms with Crippen molar-refractivity contribution in [3.8, 4) is 0 Å². The van der Waals surface area contributed by atoms with Crippen molar-refractivity contribution in [2.75, 3.05) is 12.3 Å². The second-order valence-corrected chi connectivity index (χ2v) is 10.9. The number of amidine groups is 1. The lowest BCUT2D eigenvalue weighted by atomic mass is 9.94. The highest BCUT2D eigenvalue weighted by atomic mass is 79.9. The molecule has 2 N–H and O–H groups in total. The predicted molar refractivity (Wildman–Crippen MR) is 128 cm³/mol. The van der Waals surface area contributed by atoms with Crippen LogP contribution in [-0.2, 0) is 14.8 Å². The zero-order valence-corrected chi connectivity index (χ0v) is 20.8. The van der Waals surface area contributed by atoms with Crippen molar-refractivity contribution in [1.82, 2.24) is 14.6 Å². The van der Waals surface area contributed by atoms with Gasteiger partial charge in [0.1, 0.15) is 11.9 Å². The highest BCUT2D eigenvalue weighted by Crippen LogP contribution is 2.42. The number of nitrogens with zero attached hydrogens (tertiary/aromatic N) is 3. The minimum Gasteiger partial charge on any atom is -0.480 e. The number of nitrogens with one attached hydrogen (secondary N) is 1. The molecule has 1 fully saturated rings. The van der Waals surface area contributed by atoms with Gasteiger partial charge in [-0.1, -0.05) is 33.6 Å². The molecule has 1 aromatic carbocycles. The number of fused-ring (bicyclic) bond motifs is 1. The van der Waals surface area contributed by atoms with E-state index in [0.717, 1.165) is 11.3 Å². The van der Waals surface area contributed by atoms with Crippen molar-refractivity contribution in [3.63, 3.8) is 0 Å². The molecule has 0 radical (unpaired) electrons. The fourth-order valence-electron chi connectivity index (χ4n) is 3.90. The molecular weight excluding hydrogens is 559 g/mol. The number of carboxylic acid groups (broad SMARTS) is 1. The first-order valence-electron chi connectivity index (χ1n) is 9.60. The molecule has 8 nitrogen and oxygen atoms in total. The average molecular weight is 576 g/mol. The van der Waals surface area contributed by atoms with Crippen molar-refractivity contribution in [3.05, 3.63) is 73.5 Å². The first kappa shape index (κ1) is 24.0. The first-order chi connectivity index (χ1) is 15.7. The Morgan fingerprint density at radius 2 is 2.24 bits per heavy atom. The van der Waals surface area contributed by atoms with Crippen molar-refractivity contribution in [1.29, 1.82) is 0 Å². The van der Waals surface area contributed by atoms with Crippen molar-refractivity contribution < 1.29 is 22.7 Å². The summed E-state index contributed by atoms with van der Waals surface area (Å²) in [7, 11) is -4.03. The molecule has 0 bridgehead atoms. The third-order valence-electron chi connectivity index (χ3n) is 5.09. The predicted octanol–water partition coefficient (Wildman–Crippen LogP) is 3.68. The highest BCUT2D eigenvalue weighted by Gasteiger charge is 2.40. The molecule has 0 amide bonds. The molecule has 4 rings (SSSR count). The highest BCUT2D eigenvalue weighted by molar-refractivity contribution is 9.11. The van der Waals surface area contributed by atoms with Gasteiger partial charge in [0.05, 0.1) is 0 Å². The lowest BCUT2D eigenvalue weighted by molar-refractivity contribution is -0.134. The number of aromatic nitrogens is 1. The second kappa shape index (κ2) is 9.63. The first-order valence-corrected chi connectivity index (χ1v) is 13.4. The standard InChI is InChI=1S/C20H17BrClFN4O4S2/c21-4-3-14-16-8-12(26-33(30,31)10-17(28)29)9-27(16)19(20-24-5-6-32-20)25-18(14)13-2-1-11(23)7-15(13)22/h1-7,12,18,26H,8-10H2,(H,28,29)/b4-3+/t12-,18-/m0/s1. The number of aliphatic imine (C=N–C) groups is 1. The quantitative estimate of drug-likeness (QED) is 0.521. The van der Waals surface area contributed by atoms with E-state index in [0.29, 0.717) is 22.8 Å². The van der Waals surface area contributed by atoms with E-state index in [9.17, 15) is 17.6 Å². The van der Waals surface area contributed by atoms with E-state index in [2.05, 4.69) is 25.6 Å². The van der Waals surface area contributed by atoms with Crippen LogP contribution in [0.5, 0.6) is 0 Å². The molecule has 174 valence electrons. The van der Waals surface area contributed by atoms with Crippen LogP contribution in [0.2, 0.25) is 5.02 Å². The van der Waals surface area contributed by atoms with E-state index in [1.807, 2.05) is 4.90 Å². The van der Waals surface area contributed by atoms with E-state index >= 15 is 0 Å². The number of carboxylic acids is 1. The molecule has 0 unspecified atom stereocenters. The Hall–Kier alpha value is -2.12. The van der Waals surface area contributed by atoms with Gasteiger partial charge in [0.15, 0.2) is 16.6 Å². The van der Waals surface area contributed by atoms with Gasteiger partial charge in [-0.05, 0) is 28.8 Å². The maximum absolute atomic E-state index is 13.7. The van der Waals surface area contributed by atoms with Crippen LogP contribution in [0.25, 0.3) is 0 Å². The van der Waals surface area contributed by atoms with Gasteiger partial charge >= 0.3 is 5.97 Å². The molecular formula is C20H17BrClFN4O4S2. The summed E-state index contributed by atoms with van der Waals surface area (Å²) < 4.78 is 40.7. The smallest absolute Gasteiger partial charge is 0.320 e. The third-order valence-corrected chi connectivity index (χ3v) is 7.77. The van der Waals surface area contributed by atoms with Crippen LogP contribution in [0.4, 0.5) is 4.39 Å². The summed E-state index contributed by atoms with van der Waals surface area (Å²) in [6.07, 6.45) is 3.73. The lowest BCUT2D eigenvalue weighted by Gasteiger charge is -2.31. The second-order valence-electron chi connectivity index (χ2n) is 7.34. The van der Waals surface area contributed by atoms with Crippen molar-refractivity contribution >= 4 is 60.7 Å². The number of sulfonamides is 1. The van der Waals surface area contributed by atoms with E-state index in [4.69, 9.17) is 21.7 Å². The minimum absolute atomic E-state index is 0.216. The van der Waals surface area contributed by atoms with Crippen molar-refractivity contribution in [2.45, 2.75) is 18.5 Å². The van der Waals surface area contributed by atoms with Gasteiger partial charge in [-0.15, -0.1) is 11.3 Å². The third kappa shape index (κ3) is 5.19. The minimum atomic E-state index is -4.03. The van der Waals surface area contributed by atoms with Crippen LogP contribution < -0.4 is 4.72 Å². The van der Waals surface area contributed by atoms with Crippen LogP contribution in [0.1, 0.15) is 23.0 Å². The van der Waals surface area contributed by atoms with E-state index in [1.165, 1.54) is 23.5 Å². The summed E-state index contributed by atoms with van der Waals surface area (Å²) in [6.45, 7) is 0.246. The molecule has 13 heteroatoms. The number of benzene rings is 1. The number of aliphatic carboxylic acids is 1. The average Bonchev–Trinajstić information content (AvgIpc) is 3.37. The zero-order valence-electron chi connectivity index (χ0n) is 16.8. The Balaban J connectivity index is 1.80. The monoisotopic (exact) mass is 574 g/mol. The molecule has 1 saturated heterocycles. The number of hydrogen-bond acceptors (Lipinski definition) is 7. The SMILES string of the molecule is O=C(O)CS(=O)(=O)N[C@H]1CC2=C(/C=C/Br)[C@H](c3ccc(F)cc3Cl)N=C(c3nccs3)N2C1. The molecule has 33 heavy (non-hydrogen) atoms. The zero-order chi connectivity index (χ0) is 23.8. The number of rotatable bonds is 7. The summed E-state index contributed by atoms with van der Waals surface area (Å²) in [5.74, 6) is -2.38. The molecule has 2 aliphatic rings. The Kier molecular flexibility index (Phi) is 7.01. The maximum atomic E-state index is 13.7. The van der Waals surface area contributed by atoms with Crippen LogP contribution in [0, 0.1) is 5.82 Å². The molecule has 1 aromatic heterocycles. The van der Waals surface area contributed by atoms with Crippen LogP contribution >= 0.6 is 38.9 Å². The van der Waals surface area contributed by atoms with E-state index < -0.39 is 39.6 Å². The Morgan fingerprint density at radius 1 is 1.45 bits per heavy atom. The largest absolute Gasteiger partial charge is 0.480 e. The Morgan fingerprint density at radius 3 is 2.88 bits per heavy atom. The topological polar surface area (TPSA) is 112 Å². The van der Waals surface area contributed by atoms with Gasteiger partial charge in [-0.25, -0.2) is 22.5 Å². The van der Waals surface area contributed by atoms with Gasteiger partial charge in [0.25, 0.3) is 0 Å². The Bertz CT molecular complexity index is 1280. The molecule has 0 spiro atoms. The van der Waals surface area contributed by atoms with Gasteiger partial charge in [-0.3, -0.25) is 9.79 Å². The van der Waals surface area contributed by atoms with E-state index in [-0.39, 0.29) is 11.6 Å². The lowest BCUT2D eigenvalue weighted by Crippen LogP contribution is -2.41. The van der Waals surface area contributed by atoms with Gasteiger partial charge < -0.3 is 10.0 Å². The summed E-state index contributed by atoms with van der Waals surface area (Å²) in [4.78, 5) is 23.7. The molecule has 2 aromatic rings. The summed E-state index contributed by atoms with van der Waals surface area (Å²) in [6, 6.07) is 2.96. The molecule has 3 heterocycles. The molecule has 2 aliphatic heterocycles. The molecule has 0 saturated carbocycles. The number of halogens is 3. The van der Waals surface area contributed by atoms with Crippen LogP contribution in [0.15, 0.2) is 57.1 Å². The van der Waals surface area contributed by atoms with Crippen LogP contribution in [-0.4, -0.2) is 53.6 Å². The van der Waals surface area contributed by atoms with Gasteiger partial charge in [0.2, 0.25) is 10.0 Å². The number of hydrogen-bond donors (Lipinski definition) is 2. The fourth-order valence-corrected chi connectivity index (χ4v) is 6.17. The van der Waals surface area contributed by atoms with Gasteiger partial charge in [0, 0.05) is 46.9 Å².